The van der Waals surface area contributed by atoms with E-state index in [1.165, 1.54) is 76.7 Å². The molecule has 9 aromatic rings. The lowest BCUT2D eigenvalue weighted by Gasteiger charge is -2.31. The van der Waals surface area contributed by atoms with Gasteiger partial charge < -0.3 is 9.88 Å². The number of thiol groups is 1. The number of benzene rings is 8. The second kappa shape index (κ2) is 22.3. The zero-order valence-electron chi connectivity index (χ0n) is 36.9. The molecule has 312 valence electrons. The summed E-state index contributed by atoms with van der Waals surface area (Å²) in [6.45, 7) is 13.9. The van der Waals surface area contributed by atoms with Crippen LogP contribution < -0.4 is 21.1 Å². The first-order chi connectivity index (χ1) is 30.6. The predicted molar refractivity (Wildman–Crippen MR) is 276 cm³/mol. The molecule has 1 aliphatic rings. The van der Waals surface area contributed by atoms with Crippen LogP contribution in [0.3, 0.4) is 0 Å². The van der Waals surface area contributed by atoms with Crippen molar-refractivity contribution in [2.24, 2.45) is 0 Å². The summed E-state index contributed by atoms with van der Waals surface area (Å²) in [6.07, 6.45) is 7.95. The Morgan fingerprint density at radius 3 is 1.69 bits per heavy atom. The smallest absolute Gasteiger partial charge is 0.160 e. The van der Waals surface area contributed by atoms with Crippen LogP contribution in [0.5, 0.6) is 0 Å². The molecule has 0 saturated heterocycles. The van der Waals surface area contributed by atoms with E-state index in [0.29, 0.717) is 0 Å². The number of rotatable bonds is 5. The zero-order valence-corrected chi connectivity index (χ0v) is 37.8. The highest BCUT2D eigenvalue weighted by atomic mass is 32.1. The Morgan fingerprint density at radius 1 is 0.516 bits per heavy atom. The zero-order chi connectivity index (χ0) is 43.8. The summed E-state index contributed by atoms with van der Waals surface area (Å²) in [6, 6.07) is 67.3. The van der Waals surface area contributed by atoms with Gasteiger partial charge in [-0.05, 0) is 111 Å². The van der Waals surface area contributed by atoms with E-state index in [1.807, 2.05) is 52.8 Å². The van der Waals surface area contributed by atoms with Gasteiger partial charge in [-0.3, -0.25) is 5.32 Å². The summed E-state index contributed by atoms with van der Waals surface area (Å²) < 4.78 is 2.43. The van der Waals surface area contributed by atoms with E-state index in [2.05, 4.69) is 223 Å². The van der Waals surface area contributed by atoms with Gasteiger partial charge in [-0.15, -0.1) is 0 Å². The van der Waals surface area contributed by atoms with Gasteiger partial charge in [0.25, 0.3) is 0 Å². The molecule has 8 aromatic carbocycles. The number of hydrogen-bond acceptors (Lipinski definition) is 3. The SMILES string of the molecule is C1=CC(c2cccc(-c3cc(-c4ccccc4)cc(-c4ccccc4)c3)c2)NC(n2c3ccccc3c3ccc4ccccc4c32)N1.C=c1cccc/c1=C/C.CC.CC.CS. The Bertz CT molecular complexity index is 2910. The van der Waals surface area contributed by atoms with E-state index in [-0.39, 0.29) is 12.3 Å². The Labute approximate surface area is 374 Å². The van der Waals surface area contributed by atoms with Crippen molar-refractivity contribution < 1.29 is 0 Å². The van der Waals surface area contributed by atoms with Gasteiger partial charge in [-0.25, -0.2) is 0 Å². The molecule has 0 aliphatic carbocycles. The Hall–Kier alpha value is -6.59. The molecule has 62 heavy (non-hydrogen) atoms. The third kappa shape index (κ3) is 9.95. The highest BCUT2D eigenvalue weighted by molar-refractivity contribution is 7.79. The normalized spacial score (nSPS) is 14.2. The van der Waals surface area contributed by atoms with Gasteiger partial charge >= 0.3 is 0 Å². The lowest BCUT2D eigenvalue weighted by Crippen LogP contribution is -2.40. The van der Waals surface area contributed by atoms with Crippen LogP contribution in [0.4, 0.5) is 0 Å². The fourth-order valence-electron chi connectivity index (χ4n) is 8.02. The van der Waals surface area contributed by atoms with E-state index in [1.54, 1.807) is 6.26 Å². The van der Waals surface area contributed by atoms with Gasteiger partial charge in [-0.1, -0.05) is 198 Å². The number of hydrogen-bond donors (Lipinski definition) is 3. The monoisotopic (exact) mass is 829 g/mol. The van der Waals surface area contributed by atoms with E-state index in [0.717, 1.165) is 5.22 Å². The summed E-state index contributed by atoms with van der Waals surface area (Å²) in [5.74, 6) is 0. The van der Waals surface area contributed by atoms with Gasteiger partial charge in [0.05, 0.1) is 17.1 Å². The highest BCUT2D eigenvalue weighted by Crippen LogP contribution is 2.38. The molecule has 0 fully saturated rings. The fourth-order valence-corrected chi connectivity index (χ4v) is 8.02. The van der Waals surface area contributed by atoms with Crippen molar-refractivity contribution in [2.75, 3.05) is 6.26 Å². The number of aromatic nitrogens is 1. The average Bonchev–Trinajstić information content (AvgIpc) is 3.72. The molecular formula is C58H59N3S. The number of fused-ring (bicyclic) bond motifs is 5. The quantitative estimate of drug-likeness (QED) is 0.151. The molecule has 0 radical (unpaired) electrons. The van der Waals surface area contributed by atoms with Gasteiger partial charge in [0.1, 0.15) is 0 Å². The number of para-hydroxylation sites is 1. The molecule has 0 bridgehead atoms. The van der Waals surface area contributed by atoms with Crippen molar-refractivity contribution in [1.29, 1.82) is 0 Å². The molecule has 2 unspecified atom stereocenters. The van der Waals surface area contributed by atoms with Crippen LogP contribution in [0.15, 0.2) is 200 Å². The van der Waals surface area contributed by atoms with E-state index in [4.69, 9.17) is 0 Å². The summed E-state index contributed by atoms with van der Waals surface area (Å²) in [7, 11) is 0. The summed E-state index contributed by atoms with van der Waals surface area (Å²) in [5.41, 5.74) is 10.9. The molecule has 1 aliphatic heterocycles. The minimum absolute atomic E-state index is 0.0262. The largest absolute Gasteiger partial charge is 0.359 e. The standard InChI is InChI=1S/C44H33N3.C9H10.2C2H6.CH4S/c1-3-12-30(13-4-1)35-27-36(31-14-5-2-6-15-31)29-37(28-35)33-17-11-18-34(26-33)41-24-25-45-44(46-41)47-42-21-10-9-20-39(42)40-23-22-32-16-7-8-19-38(32)43(40)47;1-3-9-7-5-4-6-8(9)2;3*1-2/h1-29,41,44-46H;3-7H,2H2,1H3;2*1-2H3;2H,1H3/b;9-3-;;;. The van der Waals surface area contributed by atoms with Crippen LogP contribution in [0, 0.1) is 0 Å². The maximum atomic E-state index is 3.94. The summed E-state index contributed by atoms with van der Waals surface area (Å²) in [5, 5.41) is 14.9. The van der Waals surface area contributed by atoms with Crippen molar-refractivity contribution in [3.63, 3.8) is 0 Å². The lowest BCUT2D eigenvalue weighted by molar-refractivity contribution is 0.343. The minimum atomic E-state index is -0.132. The first-order valence-electron chi connectivity index (χ1n) is 21.7. The predicted octanol–water partition coefficient (Wildman–Crippen LogP) is 14.3. The molecule has 2 atom stereocenters. The van der Waals surface area contributed by atoms with Gasteiger partial charge in [0, 0.05) is 16.2 Å². The first kappa shape index (κ1) is 44.9. The Morgan fingerprint density at radius 2 is 1.06 bits per heavy atom. The van der Waals surface area contributed by atoms with E-state index < -0.39 is 0 Å². The van der Waals surface area contributed by atoms with Gasteiger partial charge in [0.15, 0.2) is 6.29 Å². The molecule has 3 nitrogen and oxygen atoms in total. The van der Waals surface area contributed by atoms with Crippen LogP contribution >= 0.6 is 12.6 Å². The topological polar surface area (TPSA) is 29.0 Å². The third-order valence-electron chi connectivity index (χ3n) is 10.8. The van der Waals surface area contributed by atoms with Crippen LogP contribution in [0.25, 0.3) is 78.6 Å². The first-order valence-corrected chi connectivity index (χ1v) is 22.6. The average molecular weight is 830 g/mol. The molecule has 10 rings (SSSR count). The molecule has 1 aromatic heterocycles. The Kier molecular flexibility index (Phi) is 16.2. The maximum Gasteiger partial charge on any atom is 0.160 e. The molecular weight excluding hydrogens is 771 g/mol. The maximum absolute atomic E-state index is 3.94. The van der Waals surface area contributed by atoms with Crippen molar-refractivity contribution >= 4 is 57.9 Å². The summed E-state index contributed by atoms with van der Waals surface area (Å²) in [4.78, 5) is 0. The van der Waals surface area contributed by atoms with Crippen LogP contribution in [-0.2, 0) is 0 Å². The van der Waals surface area contributed by atoms with E-state index in [9.17, 15) is 0 Å². The second-order valence-corrected chi connectivity index (χ2v) is 14.3. The number of nitrogens with one attached hydrogen (secondary N) is 2. The minimum Gasteiger partial charge on any atom is -0.359 e. The fraction of sp³-hybridized carbons (Fsp3) is 0.138. The van der Waals surface area contributed by atoms with Gasteiger partial charge in [0.2, 0.25) is 0 Å². The van der Waals surface area contributed by atoms with E-state index >= 15 is 0 Å². The molecule has 0 spiro atoms. The second-order valence-electron chi connectivity index (χ2n) is 14.3. The Balaban J connectivity index is 0.000000372. The number of nitrogens with zero attached hydrogens (tertiary/aromatic N) is 1. The highest BCUT2D eigenvalue weighted by Gasteiger charge is 2.24. The van der Waals surface area contributed by atoms with Crippen LogP contribution in [0.1, 0.15) is 52.5 Å². The lowest BCUT2D eigenvalue weighted by atomic mass is 9.92. The molecule has 0 saturated carbocycles. The molecule has 4 heteroatoms. The van der Waals surface area contributed by atoms with Crippen molar-refractivity contribution in [3.8, 4) is 33.4 Å². The molecule has 2 N–H and O–H groups in total. The molecule has 2 heterocycles. The van der Waals surface area contributed by atoms with Crippen molar-refractivity contribution in [1.82, 2.24) is 15.2 Å². The van der Waals surface area contributed by atoms with Crippen LogP contribution in [-0.4, -0.2) is 10.8 Å². The summed E-state index contributed by atoms with van der Waals surface area (Å²) >= 11 is 3.53. The van der Waals surface area contributed by atoms with Crippen molar-refractivity contribution in [2.45, 2.75) is 47.0 Å². The van der Waals surface area contributed by atoms with Gasteiger partial charge in [-0.2, -0.15) is 12.6 Å². The molecule has 0 amide bonds. The van der Waals surface area contributed by atoms with Crippen LogP contribution in [0.2, 0.25) is 0 Å². The third-order valence-corrected chi connectivity index (χ3v) is 10.8. The van der Waals surface area contributed by atoms with Crippen molar-refractivity contribution in [3.05, 3.63) is 216 Å².